The first-order valence-corrected chi connectivity index (χ1v) is 11.0. The Morgan fingerprint density at radius 3 is 2.10 bits per heavy atom. The molecule has 0 saturated heterocycles. The molecule has 0 radical (unpaired) electrons. The summed E-state index contributed by atoms with van der Waals surface area (Å²) in [5.74, 6) is 0.410. The third kappa shape index (κ3) is 1.69. The summed E-state index contributed by atoms with van der Waals surface area (Å²) >= 11 is 0. The lowest BCUT2D eigenvalue weighted by molar-refractivity contribution is -0.0681. The van der Waals surface area contributed by atoms with E-state index in [-0.39, 0.29) is 16.7 Å². The van der Waals surface area contributed by atoms with Gasteiger partial charge >= 0.3 is 0 Å². The third-order valence-electron chi connectivity index (χ3n) is 5.99. The fourth-order valence-corrected chi connectivity index (χ4v) is 6.46. The maximum atomic E-state index is 10.7. The van der Waals surface area contributed by atoms with Crippen LogP contribution in [-0.2, 0) is 4.43 Å². The van der Waals surface area contributed by atoms with Gasteiger partial charge in [-0.05, 0) is 45.8 Å². The molecule has 0 spiro atoms. The first-order chi connectivity index (χ1) is 8.76. The van der Waals surface area contributed by atoms with Gasteiger partial charge in [-0.2, -0.15) is 5.26 Å². The van der Waals surface area contributed by atoms with Crippen molar-refractivity contribution in [1.29, 1.82) is 5.26 Å². The molecule has 2 rings (SSSR count). The minimum atomic E-state index is -1.85. The molecule has 0 aromatic heterocycles. The van der Waals surface area contributed by atoms with Crippen molar-refractivity contribution in [2.24, 2.45) is 22.7 Å². The molecule has 0 aliphatic heterocycles. The summed E-state index contributed by atoms with van der Waals surface area (Å²) in [6.45, 7) is 16.6. The number of fused-ring (bicyclic) bond motifs is 1. The van der Waals surface area contributed by atoms with Gasteiger partial charge in [0.25, 0.3) is 0 Å². The van der Waals surface area contributed by atoms with E-state index < -0.39 is 19.5 Å². The van der Waals surface area contributed by atoms with Gasteiger partial charge in [0, 0.05) is 16.7 Å². The van der Waals surface area contributed by atoms with Gasteiger partial charge in [0.15, 0.2) is 13.9 Å². The van der Waals surface area contributed by atoms with Crippen molar-refractivity contribution in [1.82, 2.24) is 0 Å². The predicted molar refractivity (Wildman–Crippen MR) is 82.6 cm³/mol. The standard InChI is InChI=1S/C16H29NO2Si/c1-11-15(14(4,5)18)9-12(15)13(2,3)16(11,10-17)19-20(6,7)8/h11-12,18H,9H2,1-8H3/t11-,12-,15-,16?/m1/s1. The maximum absolute atomic E-state index is 10.7. The van der Waals surface area contributed by atoms with Crippen LogP contribution in [-0.4, -0.2) is 24.6 Å². The quantitative estimate of drug-likeness (QED) is 0.810. The Morgan fingerprint density at radius 1 is 1.30 bits per heavy atom. The largest absolute Gasteiger partial charge is 0.399 e. The summed E-state index contributed by atoms with van der Waals surface area (Å²) in [5, 5.41) is 20.7. The first kappa shape index (κ1) is 16.0. The second-order valence-electron chi connectivity index (χ2n) is 8.86. The van der Waals surface area contributed by atoms with Crippen LogP contribution in [0.1, 0.15) is 41.0 Å². The van der Waals surface area contributed by atoms with Crippen molar-refractivity contribution < 1.29 is 9.53 Å². The van der Waals surface area contributed by atoms with Gasteiger partial charge in [-0.15, -0.1) is 0 Å². The predicted octanol–water partition coefficient (Wildman–Crippen LogP) is 3.55. The van der Waals surface area contributed by atoms with Gasteiger partial charge in [-0.3, -0.25) is 0 Å². The van der Waals surface area contributed by atoms with E-state index in [0.29, 0.717) is 5.92 Å². The van der Waals surface area contributed by atoms with E-state index in [2.05, 4.69) is 46.5 Å². The number of hydrogen-bond donors (Lipinski definition) is 1. The second kappa shape index (κ2) is 3.88. The van der Waals surface area contributed by atoms with Crippen LogP contribution >= 0.6 is 0 Å². The van der Waals surface area contributed by atoms with Crippen molar-refractivity contribution in [2.75, 3.05) is 0 Å². The Kier molecular flexibility index (Phi) is 3.10. The van der Waals surface area contributed by atoms with E-state index in [1.165, 1.54) is 0 Å². The van der Waals surface area contributed by atoms with Crippen LogP contribution < -0.4 is 0 Å². The Labute approximate surface area is 124 Å². The number of nitriles is 1. The van der Waals surface area contributed by atoms with E-state index in [1.54, 1.807) is 0 Å². The molecule has 2 saturated carbocycles. The summed E-state index contributed by atoms with van der Waals surface area (Å²) < 4.78 is 6.45. The van der Waals surface area contributed by atoms with Crippen LogP contribution in [0.25, 0.3) is 0 Å². The van der Waals surface area contributed by atoms with Crippen molar-refractivity contribution in [3.05, 3.63) is 0 Å². The SMILES string of the molecule is C[C@H]1C(C#N)(O[Si](C)(C)C)C(C)(C)[C@H]2C[C@]21C(C)(C)O. The van der Waals surface area contributed by atoms with E-state index in [9.17, 15) is 10.4 Å². The number of hydrogen-bond acceptors (Lipinski definition) is 3. The average Bonchev–Trinajstić information content (AvgIpc) is 2.95. The first-order valence-electron chi connectivity index (χ1n) is 7.60. The molecule has 2 aliphatic rings. The Hall–Kier alpha value is -0.373. The summed E-state index contributed by atoms with van der Waals surface area (Å²) in [7, 11) is -1.85. The van der Waals surface area contributed by atoms with Crippen LogP contribution in [0.15, 0.2) is 0 Å². The normalized spacial score (nSPS) is 43.0. The summed E-state index contributed by atoms with van der Waals surface area (Å²) in [6, 6.07) is 2.53. The average molecular weight is 295 g/mol. The molecule has 1 unspecified atom stereocenters. The van der Waals surface area contributed by atoms with Crippen LogP contribution in [0.4, 0.5) is 0 Å². The lowest BCUT2D eigenvalue weighted by atomic mass is 9.69. The lowest BCUT2D eigenvalue weighted by Crippen LogP contribution is -2.55. The van der Waals surface area contributed by atoms with Crippen molar-refractivity contribution in [3.8, 4) is 6.07 Å². The molecule has 0 aromatic rings. The molecular weight excluding hydrogens is 266 g/mol. The van der Waals surface area contributed by atoms with E-state index in [4.69, 9.17) is 4.43 Å². The Bertz CT molecular complexity index is 468. The van der Waals surface area contributed by atoms with Crippen molar-refractivity contribution in [3.63, 3.8) is 0 Å². The molecule has 2 fully saturated rings. The number of rotatable bonds is 3. The highest BCUT2D eigenvalue weighted by Crippen LogP contribution is 2.80. The van der Waals surface area contributed by atoms with E-state index >= 15 is 0 Å². The minimum Gasteiger partial charge on any atom is -0.399 e. The van der Waals surface area contributed by atoms with Crippen LogP contribution in [0.2, 0.25) is 19.6 Å². The molecule has 0 aromatic carbocycles. The highest BCUT2D eigenvalue weighted by molar-refractivity contribution is 6.69. The van der Waals surface area contributed by atoms with E-state index in [0.717, 1.165) is 6.42 Å². The molecule has 0 amide bonds. The summed E-state index contributed by atoms with van der Waals surface area (Å²) in [4.78, 5) is 0. The zero-order valence-electron chi connectivity index (χ0n) is 14.2. The fraction of sp³-hybridized carbons (Fsp3) is 0.938. The zero-order chi connectivity index (χ0) is 15.8. The summed E-state index contributed by atoms with van der Waals surface area (Å²) in [5.41, 5.74) is -1.94. The van der Waals surface area contributed by atoms with Crippen LogP contribution in [0.3, 0.4) is 0 Å². The topological polar surface area (TPSA) is 53.2 Å². The highest BCUT2D eigenvalue weighted by Gasteiger charge is 2.83. The summed E-state index contributed by atoms with van der Waals surface area (Å²) in [6.07, 6.45) is 1.00. The maximum Gasteiger partial charge on any atom is 0.185 e. The molecule has 4 heteroatoms. The van der Waals surface area contributed by atoms with Crippen LogP contribution in [0.5, 0.6) is 0 Å². The van der Waals surface area contributed by atoms with E-state index in [1.807, 2.05) is 13.8 Å². The molecule has 1 N–H and O–H groups in total. The highest BCUT2D eigenvalue weighted by atomic mass is 28.4. The third-order valence-corrected chi connectivity index (χ3v) is 6.92. The fourth-order valence-electron chi connectivity index (χ4n) is 5.01. The van der Waals surface area contributed by atoms with Gasteiger partial charge in [0.2, 0.25) is 0 Å². The molecule has 20 heavy (non-hydrogen) atoms. The van der Waals surface area contributed by atoms with Gasteiger partial charge < -0.3 is 9.53 Å². The molecule has 0 heterocycles. The molecule has 3 nitrogen and oxygen atoms in total. The smallest absolute Gasteiger partial charge is 0.185 e. The monoisotopic (exact) mass is 295 g/mol. The van der Waals surface area contributed by atoms with Crippen molar-refractivity contribution in [2.45, 2.75) is 71.9 Å². The van der Waals surface area contributed by atoms with Gasteiger partial charge in [-0.25, -0.2) is 0 Å². The number of nitrogens with zero attached hydrogens (tertiary/aromatic N) is 1. The molecule has 114 valence electrons. The molecule has 0 bridgehead atoms. The zero-order valence-corrected chi connectivity index (χ0v) is 15.2. The molecular formula is C16H29NO2Si. The Balaban J connectivity index is 2.54. The lowest BCUT2D eigenvalue weighted by Gasteiger charge is -2.46. The van der Waals surface area contributed by atoms with Gasteiger partial charge in [0.05, 0.1) is 11.7 Å². The minimum absolute atomic E-state index is 0.0479. The molecule has 4 atom stereocenters. The molecule has 2 aliphatic carbocycles. The van der Waals surface area contributed by atoms with Gasteiger partial charge in [0.1, 0.15) is 0 Å². The Morgan fingerprint density at radius 2 is 1.80 bits per heavy atom. The number of aliphatic hydroxyl groups is 1. The van der Waals surface area contributed by atoms with Crippen molar-refractivity contribution >= 4 is 8.32 Å². The van der Waals surface area contributed by atoms with Gasteiger partial charge in [-0.1, -0.05) is 20.8 Å². The van der Waals surface area contributed by atoms with Crippen LogP contribution in [0, 0.1) is 34.0 Å². The second-order valence-corrected chi connectivity index (χ2v) is 13.3.